The van der Waals surface area contributed by atoms with E-state index in [0.717, 1.165) is 5.75 Å². The van der Waals surface area contributed by atoms with E-state index in [2.05, 4.69) is 36.5 Å². The summed E-state index contributed by atoms with van der Waals surface area (Å²) >= 11 is 13.7. The van der Waals surface area contributed by atoms with Crippen LogP contribution in [-0.2, 0) is 4.79 Å². The van der Waals surface area contributed by atoms with E-state index in [1.165, 1.54) is 10.5 Å². The minimum absolute atomic E-state index is 0.0537. The van der Waals surface area contributed by atoms with Crippen LogP contribution in [-0.4, -0.2) is 22.5 Å². The number of hydrogen-bond donors (Lipinski definition) is 1. The highest BCUT2D eigenvalue weighted by Crippen LogP contribution is 2.63. The van der Waals surface area contributed by atoms with Crippen molar-refractivity contribution in [2.24, 2.45) is 5.41 Å². The molecule has 0 bridgehead atoms. The van der Waals surface area contributed by atoms with Gasteiger partial charge in [0.05, 0.1) is 5.41 Å². The van der Waals surface area contributed by atoms with E-state index in [0.29, 0.717) is 13.0 Å². The molecule has 1 aliphatic carbocycles. The van der Waals surface area contributed by atoms with Crippen molar-refractivity contribution in [1.82, 2.24) is 5.32 Å². The normalized spacial score (nSPS) is 24.0. The summed E-state index contributed by atoms with van der Waals surface area (Å²) in [4.78, 5) is 13.1. The summed E-state index contributed by atoms with van der Waals surface area (Å²) in [5.41, 5.74) is 0.629. The smallest absolute Gasteiger partial charge is 0.229 e. The highest BCUT2D eigenvalue weighted by Gasteiger charge is 2.67. The number of hydrogen-bond acceptors (Lipinski definition) is 2. The van der Waals surface area contributed by atoms with Gasteiger partial charge in [0, 0.05) is 17.2 Å². The maximum absolute atomic E-state index is 11.9. The maximum atomic E-state index is 11.9. The number of thioether (sulfide) groups is 1. The predicted molar refractivity (Wildman–Crippen MR) is 82.1 cm³/mol. The highest BCUT2D eigenvalue weighted by molar-refractivity contribution is 7.99. The SMILES string of the molecule is Cc1ccc(SCCNC(=O)C2(C)CC2(Cl)Cl)cc1. The largest absolute Gasteiger partial charge is 0.355 e. The zero-order valence-corrected chi connectivity index (χ0v) is 13.3. The first-order valence-corrected chi connectivity index (χ1v) is 7.95. The number of carbonyl (C=O) groups is 1. The van der Waals surface area contributed by atoms with Gasteiger partial charge in [-0.25, -0.2) is 0 Å². The van der Waals surface area contributed by atoms with Crippen molar-refractivity contribution < 1.29 is 4.79 Å². The maximum Gasteiger partial charge on any atom is 0.229 e. The van der Waals surface area contributed by atoms with Crippen molar-refractivity contribution in [3.63, 3.8) is 0 Å². The van der Waals surface area contributed by atoms with E-state index in [-0.39, 0.29) is 5.91 Å². The van der Waals surface area contributed by atoms with E-state index < -0.39 is 9.75 Å². The molecule has 19 heavy (non-hydrogen) atoms. The lowest BCUT2D eigenvalue weighted by Crippen LogP contribution is -2.34. The number of carbonyl (C=O) groups excluding carboxylic acids is 1. The van der Waals surface area contributed by atoms with Crippen LogP contribution >= 0.6 is 35.0 Å². The average molecular weight is 318 g/mol. The summed E-state index contributed by atoms with van der Waals surface area (Å²) < 4.78 is -0.888. The molecule has 0 heterocycles. The molecule has 0 saturated heterocycles. The van der Waals surface area contributed by atoms with Gasteiger partial charge in [0.25, 0.3) is 0 Å². The number of halogens is 2. The number of benzene rings is 1. The molecule has 2 rings (SSSR count). The minimum atomic E-state index is -0.888. The van der Waals surface area contributed by atoms with Gasteiger partial charge in [-0.3, -0.25) is 4.79 Å². The Balaban J connectivity index is 1.70. The summed E-state index contributed by atoms with van der Waals surface area (Å²) in [6.07, 6.45) is 0.528. The standard InChI is InChI=1S/C14H17Cl2NOS/c1-10-3-5-11(6-4-10)19-8-7-17-12(18)13(2)9-14(13,15)16/h3-6H,7-9H2,1-2H3,(H,17,18). The molecule has 0 aliphatic heterocycles. The van der Waals surface area contributed by atoms with E-state index in [9.17, 15) is 4.79 Å². The molecule has 0 radical (unpaired) electrons. The number of alkyl halides is 2. The van der Waals surface area contributed by atoms with Gasteiger partial charge in [-0.05, 0) is 32.4 Å². The van der Waals surface area contributed by atoms with E-state index in [1.54, 1.807) is 18.7 Å². The molecule has 0 aromatic heterocycles. The summed E-state index contributed by atoms with van der Waals surface area (Å²) in [6, 6.07) is 8.35. The quantitative estimate of drug-likeness (QED) is 0.508. The fraction of sp³-hybridized carbons (Fsp3) is 0.500. The lowest BCUT2D eigenvalue weighted by atomic mass is 10.1. The summed E-state index contributed by atoms with van der Waals surface area (Å²) in [5, 5.41) is 2.89. The number of nitrogens with one attached hydrogen (secondary N) is 1. The Kier molecular flexibility index (Phi) is 4.38. The summed E-state index contributed by atoms with van der Waals surface area (Å²) in [5.74, 6) is 0.782. The fourth-order valence-electron chi connectivity index (χ4n) is 1.81. The minimum Gasteiger partial charge on any atom is -0.355 e. The second kappa shape index (κ2) is 5.55. The van der Waals surface area contributed by atoms with Crippen LogP contribution in [0.5, 0.6) is 0 Å². The molecule has 1 aliphatic rings. The molecule has 1 unspecified atom stereocenters. The zero-order valence-electron chi connectivity index (χ0n) is 11.0. The van der Waals surface area contributed by atoms with Crippen molar-refractivity contribution >= 4 is 40.9 Å². The van der Waals surface area contributed by atoms with Crippen molar-refractivity contribution in [2.45, 2.75) is 29.5 Å². The molecule has 2 nitrogen and oxygen atoms in total. The van der Waals surface area contributed by atoms with Crippen molar-refractivity contribution in [3.8, 4) is 0 Å². The van der Waals surface area contributed by atoms with Gasteiger partial charge in [-0.15, -0.1) is 35.0 Å². The van der Waals surface area contributed by atoms with E-state index in [4.69, 9.17) is 23.2 Å². The molecular formula is C14H17Cl2NOS. The van der Waals surface area contributed by atoms with Gasteiger partial charge in [-0.2, -0.15) is 0 Å². The highest BCUT2D eigenvalue weighted by atomic mass is 35.5. The molecule has 1 fully saturated rings. The van der Waals surface area contributed by atoms with Crippen LogP contribution in [0.4, 0.5) is 0 Å². The van der Waals surface area contributed by atoms with Gasteiger partial charge in [-0.1, -0.05) is 17.7 Å². The molecule has 1 aromatic carbocycles. The monoisotopic (exact) mass is 317 g/mol. The Morgan fingerprint density at radius 1 is 1.37 bits per heavy atom. The van der Waals surface area contributed by atoms with Crippen LogP contribution in [0, 0.1) is 12.3 Å². The molecule has 0 spiro atoms. The van der Waals surface area contributed by atoms with Crippen molar-refractivity contribution in [3.05, 3.63) is 29.8 Å². The predicted octanol–water partition coefficient (Wildman–Crippen LogP) is 3.79. The second-order valence-electron chi connectivity index (χ2n) is 5.13. The van der Waals surface area contributed by atoms with Crippen LogP contribution in [0.15, 0.2) is 29.2 Å². The Hall–Kier alpha value is -0.380. The van der Waals surface area contributed by atoms with Crippen LogP contribution in [0.3, 0.4) is 0 Å². The lowest BCUT2D eigenvalue weighted by Gasteiger charge is -2.12. The lowest BCUT2D eigenvalue weighted by molar-refractivity contribution is -0.125. The first-order chi connectivity index (χ1) is 8.85. The number of rotatable bonds is 5. The molecule has 104 valence electrons. The van der Waals surface area contributed by atoms with Gasteiger partial charge in [0.15, 0.2) is 0 Å². The molecular weight excluding hydrogens is 301 g/mol. The molecule has 1 saturated carbocycles. The van der Waals surface area contributed by atoms with Crippen LogP contribution in [0.2, 0.25) is 0 Å². The van der Waals surface area contributed by atoms with Crippen molar-refractivity contribution in [1.29, 1.82) is 0 Å². The Morgan fingerprint density at radius 3 is 2.47 bits per heavy atom. The van der Waals surface area contributed by atoms with Gasteiger partial charge in [0.1, 0.15) is 4.33 Å². The molecule has 1 N–H and O–H groups in total. The average Bonchev–Trinajstić information content (AvgIpc) is 2.87. The summed E-state index contributed by atoms with van der Waals surface area (Å²) in [7, 11) is 0. The molecule has 5 heteroatoms. The summed E-state index contributed by atoms with van der Waals surface area (Å²) in [6.45, 7) is 4.49. The van der Waals surface area contributed by atoms with Gasteiger partial charge < -0.3 is 5.32 Å². The van der Waals surface area contributed by atoms with Gasteiger partial charge in [0.2, 0.25) is 5.91 Å². The molecule has 1 atom stereocenters. The molecule has 1 amide bonds. The van der Waals surface area contributed by atoms with Crippen LogP contribution in [0.1, 0.15) is 18.9 Å². The van der Waals surface area contributed by atoms with E-state index in [1.807, 2.05) is 0 Å². The Bertz CT molecular complexity index is 475. The topological polar surface area (TPSA) is 29.1 Å². The number of amides is 1. The van der Waals surface area contributed by atoms with Crippen LogP contribution in [0.25, 0.3) is 0 Å². The second-order valence-corrected chi connectivity index (χ2v) is 7.78. The van der Waals surface area contributed by atoms with E-state index >= 15 is 0 Å². The molecule has 1 aromatic rings. The van der Waals surface area contributed by atoms with Crippen molar-refractivity contribution in [2.75, 3.05) is 12.3 Å². The fourth-order valence-corrected chi connectivity index (χ4v) is 3.28. The number of aryl methyl sites for hydroxylation is 1. The third kappa shape index (κ3) is 3.39. The van der Waals surface area contributed by atoms with Crippen LogP contribution < -0.4 is 5.32 Å². The third-order valence-electron chi connectivity index (χ3n) is 3.44. The van der Waals surface area contributed by atoms with Gasteiger partial charge >= 0.3 is 0 Å². The Morgan fingerprint density at radius 2 is 1.95 bits per heavy atom. The zero-order chi connectivity index (χ0) is 14.1. The Labute approximate surface area is 128 Å². The first-order valence-electron chi connectivity index (χ1n) is 6.21. The third-order valence-corrected chi connectivity index (χ3v) is 5.55. The first kappa shape index (κ1) is 15.0.